The fraction of sp³-hybridized carbons (Fsp3) is 0.467. The number of hydrogen-bond acceptors (Lipinski definition) is 3. The van der Waals surface area contributed by atoms with E-state index in [1.165, 1.54) is 6.42 Å². The van der Waals surface area contributed by atoms with Crippen LogP contribution in [0.15, 0.2) is 29.4 Å². The third-order valence-electron chi connectivity index (χ3n) is 3.67. The summed E-state index contributed by atoms with van der Waals surface area (Å²) in [5.74, 6) is 0.250. The third-order valence-corrected chi connectivity index (χ3v) is 3.67. The Morgan fingerprint density at radius 2 is 2.05 bits per heavy atom. The van der Waals surface area contributed by atoms with Crippen molar-refractivity contribution in [1.29, 1.82) is 0 Å². The van der Waals surface area contributed by atoms with Crippen LogP contribution in [0.4, 0.5) is 5.69 Å². The first-order valence-electron chi connectivity index (χ1n) is 6.80. The minimum Gasteiger partial charge on any atom is -0.411 e. The number of nitrogens with zero attached hydrogens (tertiary/aromatic N) is 1. The highest BCUT2D eigenvalue weighted by atomic mass is 16.4. The summed E-state index contributed by atoms with van der Waals surface area (Å²) in [5, 5.41) is 14.9. The van der Waals surface area contributed by atoms with Gasteiger partial charge < -0.3 is 10.5 Å². The summed E-state index contributed by atoms with van der Waals surface area (Å²) in [6, 6.07) is 7.39. The van der Waals surface area contributed by atoms with Crippen LogP contribution in [0, 0.1) is 5.92 Å². The van der Waals surface area contributed by atoms with Gasteiger partial charge in [0, 0.05) is 17.2 Å². The van der Waals surface area contributed by atoms with Gasteiger partial charge in [0.15, 0.2) is 0 Å². The Kier molecular flexibility index (Phi) is 4.55. The van der Waals surface area contributed by atoms with Crippen LogP contribution >= 0.6 is 0 Å². The van der Waals surface area contributed by atoms with Crippen LogP contribution in [-0.2, 0) is 4.79 Å². The molecule has 1 saturated carbocycles. The van der Waals surface area contributed by atoms with Crippen molar-refractivity contribution in [2.75, 3.05) is 5.32 Å². The average molecular weight is 260 g/mol. The van der Waals surface area contributed by atoms with Crippen molar-refractivity contribution in [3.8, 4) is 0 Å². The molecule has 102 valence electrons. The van der Waals surface area contributed by atoms with Gasteiger partial charge in [-0.2, -0.15) is 0 Å². The van der Waals surface area contributed by atoms with Crippen molar-refractivity contribution in [3.63, 3.8) is 0 Å². The maximum Gasteiger partial charge on any atom is 0.227 e. The number of nitrogens with one attached hydrogen (secondary N) is 1. The molecule has 0 saturated heterocycles. The molecule has 1 fully saturated rings. The largest absolute Gasteiger partial charge is 0.411 e. The summed E-state index contributed by atoms with van der Waals surface area (Å²) >= 11 is 0. The van der Waals surface area contributed by atoms with Gasteiger partial charge in [-0.05, 0) is 31.9 Å². The van der Waals surface area contributed by atoms with Crippen LogP contribution < -0.4 is 5.32 Å². The van der Waals surface area contributed by atoms with Gasteiger partial charge in [0.2, 0.25) is 5.91 Å². The SMILES string of the molecule is C/C(=N\O)c1cccc(NC(=O)C2CCCCC2)c1. The summed E-state index contributed by atoms with van der Waals surface area (Å²) in [4.78, 5) is 12.1. The number of carbonyl (C=O) groups excluding carboxylic acids is 1. The molecule has 1 aliphatic carbocycles. The van der Waals surface area contributed by atoms with Gasteiger partial charge in [-0.1, -0.05) is 36.6 Å². The van der Waals surface area contributed by atoms with E-state index in [9.17, 15) is 4.79 Å². The van der Waals surface area contributed by atoms with E-state index in [4.69, 9.17) is 5.21 Å². The van der Waals surface area contributed by atoms with E-state index in [0.717, 1.165) is 36.9 Å². The van der Waals surface area contributed by atoms with E-state index in [1.54, 1.807) is 6.92 Å². The Labute approximate surface area is 113 Å². The molecule has 2 N–H and O–H groups in total. The van der Waals surface area contributed by atoms with Crippen molar-refractivity contribution in [1.82, 2.24) is 0 Å². The molecule has 1 aromatic rings. The Bertz CT molecular complexity index is 477. The third kappa shape index (κ3) is 3.56. The summed E-state index contributed by atoms with van der Waals surface area (Å²) in [5.41, 5.74) is 2.11. The zero-order valence-corrected chi connectivity index (χ0v) is 11.2. The van der Waals surface area contributed by atoms with Crippen LogP contribution in [0.1, 0.15) is 44.6 Å². The van der Waals surface area contributed by atoms with Crippen molar-refractivity contribution in [3.05, 3.63) is 29.8 Å². The van der Waals surface area contributed by atoms with E-state index in [0.29, 0.717) is 5.71 Å². The van der Waals surface area contributed by atoms with Crippen molar-refractivity contribution >= 4 is 17.3 Å². The molecule has 4 nitrogen and oxygen atoms in total. The maximum atomic E-state index is 12.1. The molecule has 2 rings (SSSR count). The van der Waals surface area contributed by atoms with E-state index < -0.39 is 0 Å². The molecule has 1 aliphatic rings. The normalized spacial score (nSPS) is 17.2. The standard InChI is InChI=1S/C15H20N2O2/c1-11(17-19)13-8-5-9-14(10-13)16-15(18)12-6-3-2-4-7-12/h5,8-10,12,19H,2-4,6-7H2,1H3,(H,16,18)/b17-11+. The number of benzene rings is 1. The molecule has 4 heteroatoms. The van der Waals surface area contributed by atoms with Gasteiger partial charge in [-0.25, -0.2) is 0 Å². The molecule has 19 heavy (non-hydrogen) atoms. The zero-order valence-electron chi connectivity index (χ0n) is 11.2. The highest BCUT2D eigenvalue weighted by Crippen LogP contribution is 2.25. The minimum atomic E-state index is 0.107. The minimum absolute atomic E-state index is 0.107. The summed E-state index contributed by atoms with van der Waals surface area (Å²) in [6.07, 6.45) is 5.51. The molecule has 0 bridgehead atoms. The first-order chi connectivity index (χ1) is 9.20. The van der Waals surface area contributed by atoms with Gasteiger partial charge in [-0.3, -0.25) is 4.79 Å². The molecular weight excluding hydrogens is 240 g/mol. The predicted octanol–water partition coefficient (Wildman–Crippen LogP) is 3.40. The maximum absolute atomic E-state index is 12.1. The van der Waals surface area contributed by atoms with Gasteiger partial charge >= 0.3 is 0 Å². The van der Waals surface area contributed by atoms with Crippen LogP contribution in [0.25, 0.3) is 0 Å². The fourth-order valence-electron chi connectivity index (χ4n) is 2.49. The average Bonchev–Trinajstić information content (AvgIpc) is 2.47. The van der Waals surface area contributed by atoms with Crippen molar-refractivity contribution in [2.24, 2.45) is 11.1 Å². The molecule has 0 radical (unpaired) electrons. The summed E-state index contributed by atoms with van der Waals surface area (Å²) < 4.78 is 0. The Hall–Kier alpha value is -1.84. The number of rotatable bonds is 3. The quantitative estimate of drug-likeness (QED) is 0.497. The topological polar surface area (TPSA) is 61.7 Å². The summed E-state index contributed by atoms with van der Waals surface area (Å²) in [7, 11) is 0. The number of hydrogen-bond donors (Lipinski definition) is 2. The first kappa shape index (κ1) is 13.6. The van der Waals surface area contributed by atoms with Crippen LogP contribution in [0.5, 0.6) is 0 Å². The Morgan fingerprint density at radius 3 is 2.74 bits per heavy atom. The highest BCUT2D eigenvalue weighted by Gasteiger charge is 2.21. The summed E-state index contributed by atoms with van der Waals surface area (Å²) in [6.45, 7) is 1.72. The van der Waals surface area contributed by atoms with E-state index in [-0.39, 0.29) is 11.8 Å². The molecule has 0 aliphatic heterocycles. The lowest BCUT2D eigenvalue weighted by Crippen LogP contribution is -2.24. The van der Waals surface area contributed by atoms with Crippen molar-refractivity contribution in [2.45, 2.75) is 39.0 Å². The monoisotopic (exact) mass is 260 g/mol. The van der Waals surface area contributed by atoms with Crippen LogP contribution in [0.3, 0.4) is 0 Å². The van der Waals surface area contributed by atoms with Crippen LogP contribution in [0.2, 0.25) is 0 Å². The second kappa shape index (κ2) is 6.36. The lowest BCUT2D eigenvalue weighted by atomic mass is 9.88. The molecule has 0 spiro atoms. The lowest BCUT2D eigenvalue weighted by Gasteiger charge is -2.20. The lowest BCUT2D eigenvalue weighted by molar-refractivity contribution is -0.120. The Morgan fingerprint density at radius 1 is 1.32 bits per heavy atom. The first-order valence-corrected chi connectivity index (χ1v) is 6.80. The number of oxime groups is 1. The van der Waals surface area contributed by atoms with Gasteiger partial charge in [0.05, 0.1) is 5.71 Å². The molecule has 0 unspecified atom stereocenters. The van der Waals surface area contributed by atoms with Crippen molar-refractivity contribution < 1.29 is 10.0 Å². The molecular formula is C15H20N2O2. The smallest absolute Gasteiger partial charge is 0.227 e. The van der Waals surface area contributed by atoms with Gasteiger partial charge in [0.25, 0.3) is 0 Å². The second-order valence-corrected chi connectivity index (χ2v) is 5.09. The number of anilines is 1. The number of amides is 1. The fourth-order valence-corrected chi connectivity index (χ4v) is 2.49. The van der Waals surface area contributed by atoms with Gasteiger partial charge in [-0.15, -0.1) is 0 Å². The Balaban J connectivity index is 2.04. The second-order valence-electron chi connectivity index (χ2n) is 5.09. The van der Waals surface area contributed by atoms with Crippen LogP contribution in [-0.4, -0.2) is 16.8 Å². The zero-order chi connectivity index (χ0) is 13.7. The number of carbonyl (C=O) groups is 1. The van der Waals surface area contributed by atoms with E-state index >= 15 is 0 Å². The molecule has 1 amide bonds. The van der Waals surface area contributed by atoms with E-state index in [2.05, 4.69) is 10.5 Å². The highest BCUT2D eigenvalue weighted by molar-refractivity contribution is 6.00. The molecule has 0 heterocycles. The molecule has 0 aromatic heterocycles. The van der Waals surface area contributed by atoms with Gasteiger partial charge in [0.1, 0.15) is 0 Å². The molecule has 0 atom stereocenters. The predicted molar refractivity (Wildman–Crippen MR) is 75.6 cm³/mol. The molecule has 1 aromatic carbocycles. The van der Waals surface area contributed by atoms with E-state index in [1.807, 2.05) is 24.3 Å².